The zero-order chi connectivity index (χ0) is 14.4. The fraction of sp³-hybridized carbons (Fsp3) is 0.0714. The molecule has 20 heavy (non-hydrogen) atoms. The SMILES string of the molecule is O=C(/C=C/c1cccc([N+](=O)[O-])c1)NCc1ccco1. The van der Waals surface area contributed by atoms with Crippen LogP contribution >= 0.6 is 0 Å². The Labute approximate surface area is 114 Å². The molecule has 2 aromatic rings. The Morgan fingerprint density at radius 1 is 1.35 bits per heavy atom. The minimum Gasteiger partial charge on any atom is -0.467 e. The van der Waals surface area contributed by atoms with Crippen molar-refractivity contribution in [3.8, 4) is 0 Å². The van der Waals surface area contributed by atoms with E-state index in [1.807, 2.05) is 0 Å². The topological polar surface area (TPSA) is 85.4 Å². The van der Waals surface area contributed by atoms with Gasteiger partial charge in [0.25, 0.3) is 5.69 Å². The predicted molar refractivity (Wildman–Crippen MR) is 72.7 cm³/mol. The second-order valence-corrected chi connectivity index (χ2v) is 3.98. The van der Waals surface area contributed by atoms with E-state index in [2.05, 4.69) is 5.32 Å². The van der Waals surface area contributed by atoms with Crippen LogP contribution in [-0.2, 0) is 11.3 Å². The molecule has 6 heteroatoms. The summed E-state index contributed by atoms with van der Waals surface area (Å²) in [6, 6.07) is 9.54. The van der Waals surface area contributed by atoms with Crippen molar-refractivity contribution < 1.29 is 14.1 Å². The summed E-state index contributed by atoms with van der Waals surface area (Å²) in [6.45, 7) is 0.297. The predicted octanol–water partition coefficient (Wildman–Crippen LogP) is 2.52. The molecule has 0 bridgehead atoms. The molecular formula is C14H12N2O4. The van der Waals surface area contributed by atoms with Gasteiger partial charge in [-0.1, -0.05) is 12.1 Å². The number of benzene rings is 1. The Bertz CT molecular complexity index is 632. The lowest BCUT2D eigenvalue weighted by molar-refractivity contribution is -0.384. The number of nitrogens with zero attached hydrogens (tertiary/aromatic N) is 1. The van der Waals surface area contributed by atoms with E-state index in [0.717, 1.165) is 0 Å². The zero-order valence-electron chi connectivity index (χ0n) is 10.5. The first-order valence-corrected chi connectivity index (χ1v) is 5.88. The van der Waals surface area contributed by atoms with Gasteiger partial charge in [-0.2, -0.15) is 0 Å². The minimum atomic E-state index is -0.478. The molecule has 2 rings (SSSR count). The molecule has 102 valence electrons. The van der Waals surface area contributed by atoms with Gasteiger partial charge in [0, 0.05) is 18.2 Å². The van der Waals surface area contributed by atoms with Gasteiger partial charge in [-0.25, -0.2) is 0 Å². The number of nitro benzene ring substituents is 1. The minimum absolute atomic E-state index is 0.0110. The van der Waals surface area contributed by atoms with Crippen molar-refractivity contribution in [1.82, 2.24) is 5.32 Å². The summed E-state index contributed by atoms with van der Waals surface area (Å²) in [5, 5.41) is 13.3. The van der Waals surface area contributed by atoms with Crippen LogP contribution in [0.2, 0.25) is 0 Å². The molecule has 1 heterocycles. The summed E-state index contributed by atoms with van der Waals surface area (Å²) in [7, 11) is 0. The van der Waals surface area contributed by atoms with Crippen LogP contribution in [0, 0.1) is 10.1 Å². The third-order valence-electron chi connectivity index (χ3n) is 2.53. The van der Waals surface area contributed by atoms with E-state index in [0.29, 0.717) is 17.9 Å². The molecule has 0 atom stereocenters. The lowest BCUT2D eigenvalue weighted by Gasteiger charge is -1.98. The Kier molecular flexibility index (Phi) is 4.28. The number of nitro groups is 1. The number of hydrogen-bond donors (Lipinski definition) is 1. The molecule has 0 fully saturated rings. The van der Waals surface area contributed by atoms with Crippen molar-refractivity contribution in [2.24, 2.45) is 0 Å². The summed E-state index contributed by atoms with van der Waals surface area (Å²) in [5.41, 5.74) is 0.579. The summed E-state index contributed by atoms with van der Waals surface area (Å²) >= 11 is 0. The fourth-order valence-corrected chi connectivity index (χ4v) is 1.56. The van der Waals surface area contributed by atoms with Crippen molar-refractivity contribution in [3.63, 3.8) is 0 Å². The smallest absolute Gasteiger partial charge is 0.270 e. The first-order valence-electron chi connectivity index (χ1n) is 5.88. The van der Waals surface area contributed by atoms with E-state index < -0.39 is 4.92 Å². The van der Waals surface area contributed by atoms with Crippen molar-refractivity contribution in [2.75, 3.05) is 0 Å². The highest BCUT2D eigenvalue weighted by Gasteiger charge is 2.04. The van der Waals surface area contributed by atoms with E-state index in [1.165, 1.54) is 30.5 Å². The Balaban J connectivity index is 1.93. The van der Waals surface area contributed by atoms with E-state index in [-0.39, 0.29) is 11.6 Å². The highest BCUT2D eigenvalue weighted by molar-refractivity contribution is 5.91. The van der Waals surface area contributed by atoms with Gasteiger partial charge >= 0.3 is 0 Å². The van der Waals surface area contributed by atoms with Gasteiger partial charge in [0.1, 0.15) is 5.76 Å². The molecule has 0 aliphatic heterocycles. The third kappa shape index (κ3) is 3.81. The second kappa shape index (κ2) is 6.33. The second-order valence-electron chi connectivity index (χ2n) is 3.98. The quantitative estimate of drug-likeness (QED) is 0.515. The van der Waals surface area contributed by atoms with Crippen LogP contribution in [0.15, 0.2) is 53.2 Å². The number of non-ortho nitro benzene ring substituents is 1. The van der Waals surface area contributed by atoms with Gasteiger partial charge in [0.2, 0.25) is 5.91 Å². The van der Waals surface area contributed by atoms with Crippen LogP contribution in [0.25, 0.3) is 6.08 Å². The van der Waals surface area contributed by atoms with E-state index in [9.17, 15) is 14.9 Å². The third-order valence-corrected chi connectivity index (χ3v) is 2.53. The lowest BCUT2D eigenvalue weighted by atomic mass is 10.2. The number of carbonyl (C=O) groups excluding carboxylic acids is 1. The van der Waals surface area contributed by atoms with Crippen LogP contribution in [0.4, 0.5) is 5.69 Å². The Morgan fingerprint density at radius 3 is 2.90 bits per heavy atom. The lowest BCUT2D eigenvalue weighted by Crippen LogP contribution is -2.19. The van der Waals surface area contributed by atoms with Crippen LogP contribution in [0.5, 0.6) is 0 Å². The van der Waals surface area contributed by atoms with Crippen molar-refractivity contribution in [3.05, 3.63) is 70.2 Å². The highest BCUT2D eigenvalue weighted by Crippen LogP contribution is 2.13. The van der Waals surface area contributed by atoms with Gasteiger partial charge in [-0.3, -0.25) is 14.9 Å². The molecule has 0 unspecified atom stereocenters. The van der Waals surface area contributed by atoms with E-state index >= 15 is 0 Å². The molecule has 1 aromatic heterocycles. The van der Waals surface area contributed by atoms with Crippen LogP contribution < -0.4 is 5.32 Å². The fourth-order valence-electron chi connectivity index (χ4n) is 1.56. The Hall–Kier alpha value is -2.89. The normalized spacial score (nSPS) is 10.6. The number of hydrogen-bond acceptors (Lipinski definition) is 4. The van der Waals surface area contributed by atoms with Gasteiger partial charge in [0.15, 0.2) is 0 Å². The molecule has 0 radical (unpaired) electrons. The van der Waals surface area contributed by atoms with Gasteiger partial charge in [-0.05, 0) is 23.8 Å². The average molecular weight is 272 g/mol. The number of carbonyl (C=O) groups is 1. The van der Waals surface area contributed by atoms with Gasteiger partial charge in [-0.15, -0.1) is 0 Å². The van der Waals surface area contributed by atoms with Crippen LogP contribution in [0.1, 0.15) is 11.3 Å². The molecule has 1 N–H and O–H groups in total. The van der Waals surface area contributed by atoms with Crippen LogP contribution in [-0.4, -0.2) is 10.8 Å². The molecule has 0 aliphatic carbocycles. The van der Waals surface area contributed by atoms with E-state index in [4.69, 9.17) is 4.42 Å². The molecule has 6 nitrogen and oxygen atoms in total. The molecule has 1 aromatic carbocycles. The van der Waals surface area contributed by atoms with Crippen molar-refractivity contribution in [2.45, 2.75) is 6.54 Å². The number of amides is 1. The molecule has 0 spiro atoms. The average Bonchev–Trinajstić information content (AvgIpc) is 2.96. The summed E-state index contributed by atoms with van der Waals surface area (Å²) in [4.78, 5) is 21.7. The maximum absolute atomic E-state index is 11.6. The Morgan fingerprint density at radius 2 is 2.20 bits per heavy atom. The van der Waals surface area contributed by atoms with Crippen molar-refractivity contribution >= 4 is 17.7 Å². The van der Waals surface area contributed by atoms with E-state index in [1.54, 1.807) is 24.3 Å². The molecule has 0 saturated carbocycles. The summed E-state index contributed by atoms with van der Waals surface area (Å²) in [6.07, 6.45) is 4.37. The molecule has 0 saturated heterocycles. The molecule has 1 amide bonds. The van der Waals surface area contributed by atoms with Crippen LogP contribution in [0.3, 0.4) is 0 Å². The van der Waals surface area contributed by atoms with Crippen molar-refractivity contribution in [1.29, 1.82) is 0 Å². The van der Waals surface area contributed by atoms with Gasteiger partial charge in [0.05, 0.1) is 17.7 Å². The first-order chi connectivity index (χ1) is 9.65. The zero-order valence-corrected chi connectivity index (χ0v) is 10.5. The maximum Gasteiger partial charge on any atom is 0.270 e. The van der Waals surface area contributed by atoms with Gasteiger partial charge < -0.3 is 9.73 Å². The number of rotatable bonds is 5. The monoisotopic (exact) mass is 272 g/mol. The summed E-state index contributed by atoms with van der Waals surface area (Å²) in [5.74, 6) is 0.356. The highest BCUT2D eigenvalue weighted by atomic mass is 16.6. The number of nitrogens with one attached hydrogen (secondary N) is 1. The largest absolute Gasteiger partial charge is 0.467 e. The molecular weight excluding hydrogens is 260 g/mol. The first kappa shape index (κ1) is 13.5. The molecule has 0 aliphatic rings. The standard InChI is InChI=1S/C14H12N2O4/c17-14(15-10-13-5-2-8-20-13)7-6-11-3-1-4-12(9-11)16(18)19/h1-9H,10H2,(H,15,17)/b7-6+. The number of furan rings is 1. The maximum atomic E-state index is 11.6. The summed E-state index contributed by atoms with van der Waals surface area (Å²) < 4.78 is 5.07.